The van der Waals surface area contributed by atoms with Gasteiger partial charge in [-0.25, -0.2) is 0 Å². The van der Waals surface area contributed by atoms with E-state index in [0.717, 1.165) is 11.8 Å². The normalized spacial score (nSPS) is 15.6. The minimum absolute atomic E-state index is 0.259. The van der Waals surface area contributed by atoms with Crippen LogP contribution in [-0.2, 0) is 0 Å². The Kier molecular flexibility index (Phi) is 6.27. The van der Waals surface area contributed by atoms with Gasteiger partial charge in [0, 0.05) is 13.6 Å². The van der Waals surface area contributed by atoms with E-state index in [1.807, 2.05) is 0 Å². The molecule has 1 N–H and O–H groups in total. The molecule has 0 rings (SSSR count). The fourth-order valence-electron chi connectivity index (χ4n) is 2.22. The van der Waals surface area contributed by atoms with Gasteiger partial charge in [0.2, 0.25) is 0 Å². The van der Waals surface area contributed by atoms with E-state index in [1.54, 1.807) is 0 Å². The molecule has 0 aromatic heterocycles. The van der Waals surface area contributed by atoms with Gasteiger partial charge in [0.15, 0.2) is 0 Å². The van der Waals surface area contributed by atoms with Crippen LogP contribution in [0.4, 0.5) is 0 Å². The van der Waals surface area contributed by atoms with Gasteiger partial charge in [-0.2, -0.15) is 0 Å². The fourth-order valence-corrected chi connectivity index (χ4v) is 4.27. The van der Waals surface area contributed by atoms with Crippen molar-refractivity contribution in [2.75, 3.05) is 6.54 Å². The predicted octanol–water partition coefficient (Wildman–Crippen LogP) is 4.38. The van der Waals surface area contributed by atoms with Crippen molar-refractivity contribution in [2.24, 2.45) is 11.8 Å². The highest BCUT2D eigenvalue weighted by Crippen LogP contribution is 2.23. The Bertz CT molecular complexity index is 186. The first-order valence-electron chi connectivity index (χ1n) is 6.74. The smallest absolute Gasteiger partial charge is 0.0445 e. The van der Waals surface area contributed by atoms with Gasteiger partial charge in [-0.15, -0.1) is 0 Å². The van der Waals surface area contributed by atoms with Crippen LogP contribution in [0.1, 0.15) is 41.0 Å². The second kappa shape index (κ2) is 6.20. The third-order valence-electron chi connectivity index (χ3n) is 2.63. The summed E-state index contributed by atoms with van der Waals surface area (Å²) in [6.07, 6.45) is 1.37. The Labute approximate surface area is 104 Å². The van der Waals surface area contributed by atoms with Gasteiger partial charge in [0.1, 0.15) is 0 Å². The first-order chi connectivity index (χ1) is 6.99. The minimum Gasteiger partial charge on any atom is -0.312 e. The van der Waals surface area contributed by atoms with E-state index >= 15 is 0 Å². The standard InChI is InChI=1S/C14H33NSi/c1-12(2)9-13(11-16(6,7)8)10-15-14(3,4)5/h12-13,15H,9-11H2,1-8H3. The maximum atomic E-state index is 3.67. The molecular weight excluding hydrogens is 210 g/mol. The molecule has 0 fully saturated rings. The molecule has 16 heavy (non-hydrogen) atoms. The van der Waals surface area contributed by atoms with Gasteiger partial charge in [0.05, 0.1) is 0 Å². The molecular formula is C14H33NSi. The zero-order chi connectivity index (χ0) is 13.0. The molecule has 0 aromatic rings. The summed E-state index contributed by atoms with van der Waals surface area (Å²) in [6.45, 7) is 20.1. The van der Waals surface area contributed by atoms with Crippen molar-refractivity contribution in [3.63, 3.8) is 0 Å². The van der Waals surface area contributed by atoms with Crippen molar-refractivity contribution in [3.05, 3.63) is 0 Å². The molecule has 0 aliphatic heterocycles. The molecule has 0 aromatic carbocycles. The summed E-state index contributed by atoms with van der Waals surface area (Å²) in [4.78, 5) is 0. The highest BCUT2D eigenvalue weighted by Gasteiger charge is 2.22. The van der Waals surface area contributed by atoms with Crippen LogP contribution in [0, 0.1) is 11.8 Å². The van der Waals surface area contributed by atoms with E-state index in [-0.39, 0.29) is 5.54 Å². The van der Waals surface area contributed by atoms with Crippen LogP contribution in [0.15, 0.2) is 0 Å². The molecule has 0 aliphatic carbocycles. The molecule has 0 radical (unpaired) electrons. The zero-order valence-electron chi connectivity index (χ0n) is 12.8. The Hall–Kier alpha value is 0.177. The lowest BCUT2D eigenvalue weighted by Gasteiger charge is -2.30. The van der Waals surface area contributed by atoms with Gasteiger partial charge < -0.3 is 5.32 Å². The maximum absolute atomic E-state index is 3.67. The molecule has 0 heterocycles. The summed E-state index contributed by atoms with van der Waals surface area (Å²) in [5, 5.41) is 3.67. The Morgan fingerprint density at radius 3 is 1.88 bits per heavy atom. The van der Waals surface area contributed by atoms with Crippen LogP contribution in [0.2, 0.25) is 25.7 Å². The van der Waals surface area contributed by atoms with Gasteiger partial charge in [-0.1, -0.05) is 39.5 Å². The second-order valence-electron chi connectivity index (χ2n) is 7.89. The highest BCUT2D eigenvalue weighted by atomic mass is 28.3. The van der Waals surface area contributed by atoms with Crippen LogP contribution in [0.5, 0.6) is 0 Å². The van der Waals surface area contributed by atoms with Gasteiger partial charge >= 0.3 is 0 Å². The molecule has 1 nitrogen and oxygen atoms in total. The number of hydrogen-bond donors (Lipinski definition) is 1. The number of nitrogens with one attached hydrogen (secondary N) is 1. The molecule has 1 unspecified atom stereocenters. The molecule has 2 heteroatoms. The summed E-state index contributed by atoms with van der Waals surface area (Å²) in [5.74, 6) is 1.69. The highest BCUT2D eigenvalue weighted by molar-refractivity contribution is 6.76. The van der Waals surface area contributed by atoms with Crippen molar-refractivity contribution < 1.29 is 0 Å². The summed E-state index contributed by atoms with van der Waals surface area (Å²) >= 11 is 0. The topological polar surface area (TPSA) is 12.0 Å². The lowest BCUT2D eigenvalue weighted by Crippen LogP contribution is -2.41. The SMILES string of the molecule is CC(C)CC(CNC(C)(C)C)C[Si](C)(C)C. The Morgan fingerprint density at radius 1 is 1.06 bits per heavy atom. The van der Waals surface area contributed by atoms with E-state index in [2.05, 4.69) is 59.6 Å². The van der Waals surface area contributed by atoms with E-state index in [9.17, 15) is 0 Å². The van der Waals surface area contributed by atoms with Crippen molar-refractivity contribution in [2.45, 2.75) is 72.3 Å². The van der Waals surface area contributed by atoms with E-state index in [0.29, 0.717) is 0 Å². The molecule has 0 saturated heterocycles. The molecule has 98 valence electrons. The Morgan fingerprint density at radius 2 is 1.56 bits per heavy atom. The lowest BCUT2D eigenvalue weighted by molar-refractivity contribution is 0.347. The number of rotatable bonds is 6. The van der Waals surface area contributed by atoms with E-state index in [4.69, 9.17) is 0 Å². The molecule has 0 bridgehead atoms. The number of hydrogen-bond acceptors (Lipinski definition) is 1. The average Bonchev–Trinajstić information content (AvgIpc) is 1.94. The van der Waals surface area contributed by atoms with Gasteiger partial charge in [-0.05, 0) is 45.6 Å². The van der Waals surface area contributed by atoms with Crippen LogP contribution >= 0.6 is 0 Å². The van der Waals surface area contributed by atoms with Crippen LogP contribution in [-0.4, -0.2) is 20.2 Å². The summed E-state index contributed by atoms with van der Waals surface area (Å²) < 4.78 is 0. The summed E-state index contributed by atoms with van der Waals surface area (Å²) in [5.41, 5.74) is 0.259. The first-order valence-corrected chi connectivity index (χ1v) is 10.5. The largest absolute Gasteiger partial charge is 0.312 e. The molecule has 0 aliphatic rings. The quantitative estimate of drug-likeness (QED) is 0.683. The molecule has 0 spiro atoms. The monoisotopic (exact) mass is 243 g/mol. The third-order valence-corrected chi connectivity index (χ3v) is 4.43. The van der Waals surface area contributed by atoms with Gasteiger partial charge in [0.25, 0.3) is 0 Å². The molecule has 1 atom stereocenters. The first kappa shape index (κ1) is 16.2. The maximum Gasteiger partial charge on any atom is 0.0445 e. The average molecular weight is 244 g/mol. The fraction of sp³-hybridized carbons (Fsp3) is 1.00. The third kappa shape index (κ3) is 10.7. The second-order valence-corrected chi connectivity index (χ2v) is 13.4. The van der Waals surface area contributed by atoms with Crippen LogP contribution in [0.25, 0.3) is 0 Å². The lowest BCUT2D eigenvalue weighted by atomic mass is 9.97. The zero-order valence-corrected chi connectivity index (χ0v) is 13.8. The minimum atomic E-state index is -0.923. The van der Waals surface area contributed by atoms with Gasteiger partial charge in [-0.3, -0.25) is 0 Å². The molecule has 0 amide bonds. The summed E-state index contributed by atoms with van der Waals surface area (Å²) in [7, 11) is -0.923. The Balaban J connectivity index is 4.22. The van der Waals surface area contributed by atoms with Crippen LogP contribution in [0.3, 0.4) is 0 Å². The summed E-state index contributed by atoms with van der Waals surface area (Å²) in [6, 6.07) is 1.45. The van der Waals surface area contributed by atoms with Crippen molar-refractivity contribution >= 4 is 8.07 Å². The van der Waals surface area contributed by atoms with E-state index in [1.165, 1.54) is 19.0 Å². The molecule has 0 saturated carbocycles. The van der Waals surface area contributed by atoms with Crippen LogP contribution < -0.4 is 5.32 Å². The van der Waals surface area contributed by atoms with Crippen molar-refractivity contribution in [1.82, 2.24) is 5.32 Å². The van der Waals surface area contributed by atoms with Crippen molar-refractivity contribution in [3.8, 4) is 0 Å². The van der Waals surface area contributed by atoms with Crippen molar-refractivity contribution in [1.29, 1.82) is 0 Å². The van der Waals surface area contributed by atoms with E-state index < -0.39 is 8.07 Å². The predicted molar refractivity (Wildman–Crippen MR) is 78.9 cm³/mol.